The largest absolute Gasteiger partial charge is 0.507 e. The maximum absolute atomic E-state index is 13.4. The number of methoxy groups -OCH3 is 1. The number of thiazole rings is 1. The molecule has 4 rings (SSSR count). The molecule has 8 nitrogen and oxygen atoms in total. The van der Waals surface area contributed by atoms with Crippen molar-refractivity contribution in [3.05, 3.63) is 93.0 Å². The summed E-state index contributed by atoms with van der Waals surface area (Å²) in [4.78, 5) is 45.0. The van der Waals surface area contributed by atoms with Crippen LogP contribution in [-0.2, 0) is 14.3 Å². The second-order valence-corrected chi connectivity index (χ2v) is 9.62. The number of carbonyl (C=O) groups excluding carboxylic acids is 3. The molecule has 1 fully saturated rings. The number of aromatic nitrogens is 1. The maximum Gasteiger partial charge on any atom is 0.350 e. The molecular formula is C27H23ClN2O6S. The van der Waals surface area contributed by atoms with Crippen molar-refractivity contribution in [1.29, 1.82) is 0 Å². The summed E-state index contributed by atoms with van der Waals surface area (Å²) in [5, 5.41) is 11.9. The fourth-order valence-electron chi connectivity index (χ4n) is 4.05. The van der Waals surface area contributed by atoms with E-state index in [0.29, 0.717) is 27.6 Å². The Morgan fingerprint density at radius 1 is 1.22 bits per heavy atom. The first-order valence-corrected chi connectivity index (χ1v) is 12.3. The standard InChI is InChI=1S/C27H23ClN2O6S/c1-5-12-36-26(34)24-15(3)29-27(37-24)30-21(16-6-9-18(28)10-7-16)20(23(32)25(30)33)22(31)17-8-11-19(35-4)14(2)13-17/h5-11,13,21,31H,1,12H2,2-4H3/b22-20+/t21-/m0/s1. The van der Waals surface area contributed by atoms with E-state index in [1.54, 1.807) is 56.3 Å². The number of benzene rings is 2. The zero-order valence-electron chi connectivity index (χ0n) is 20.3. The number of ether oxygens (including phenoxy) is 2. The van der Waals surface area contributed by atoms with Crippen LogP contribution in [0.1, 0.15) is 38.1 Å². The normalized spacial score (nSPS) is 16.6. The second-order valence-electron chi connectivity index (χ2n) is 8.20. The maximum atomic E-state index is 13.4. The molecular weight excluding hydrogens is 516 g/mol. The number of rotatable bonds is 7. The van der Waals surface area contributed by atoms with Crippen molar-refractivity contribution in [3.8, 4) is 5.75 Å². The average Bonchev–Trinajstić information content (AvgIpc) is 3.39. The third-order valence-electron chi connectivity index (χ3n) is 5.81. The summed E-state index contributed by atoms with van der Waals surface area (Å²) in [5.74, 6) is -2.11. The summed E-state index contributed by atoms with van der Waals surface area (Å²) >= 11 is 7.01. The summed E-state index contributed by atoms with van der Waals surface area (Å²) < 4.78 is 10.4. The smallest absolute Gasteiger partial charge is 0.350 e. The first-order chi connectivity index (χ1) is 17.7. The van der Waals surface area contributed by atoms with Gasteiger partial charge in [0.1, 0.15) is 23.0 Å². The van der Waals surface area contributed by atoms with E-state index in [9.17, 15) is 19.5 Å². The van der Waals surface area contributed by atoms with E-state index in [4.69, 9.17) is 21.1 Å². The molecule has 1 aromatic heterocycles. The lowest BCUT2D eigenvalue weighted by Gasteiger charge is -2.23. The van der Waals surface area contributed by atoms with Crippen LogP contribution < -0.4 is 9.64 Å². The van der Waals surface area contributed by atoms with Crippen LogP contribution in [0, 0.1) is 13.8 Å². The van der Waals surface area contributed by atoms with E-state index in [0.717, 1.165) is 16.9 Å². The molecule has 1 aliphatic heterocycles. The lowest BCUT2D eigenvalue weighted by molar-refractivity contribution is -0.132. The zero-order chi connectivity index (χ0) is 26.9. The van der Waals surface area contributed by atoms with Gasteiger partial charge < -0.3 is 14.6 Å². The molecule has 0 spiro atoms. The summed E-state index contributed by atoms with van der Waals surface area (Å²) in [6, 6.07) is 10.5. The minimum absolute atomic E-state index is 0.0159. The number of halogens is 1. The van der Waals surface area contributed by atoms with Crippen molar-refractivity contribution in [3.63, 3.8) is 0 Å². The lowest BCUT2D eigenvalue weighted by atomic mass is 9.95. The molecule has 37 heavy (non-hydrogen) atoms. The van der Waals surface area contributed by atoms with Gasteiger partial charge in [0.15, 0.2) is 5.13 Å². The fourth-order valence-corrected chi connectivity index (χ4v) is 5.16. The predicted octanol–water partition coefficient (Wildman–Crippen LogP) is 5.39. The van der Waals surface area contributed by atoms with Gasteiger partial charge >= 0.3 is 11.9 Å². The Morgan fingerprint density at radius 2 is 1.92 bits per heavy atom. The third kappa shape index (κ3) is 4.87. The number of ketones is 1. The summed E-state index contributed by atoms with van der Waals surface area (Å²) in [5.41, 5.74) is 1.84. The molecule has 10 heteroatoms. The number of carbonyl (C=O) groups is 3. The number of aliphatic hydroxyl groups is 1. The summed E-state index contributed by atoms with van der Waals surface area (Å²) in [7, 11) is 1.53. The molecule has 0 bridgehead atoms. The quantitative estimate of drug-likeness (QED) is 0.141. The van der Waals surface area contributed by atoms with E-state index in [2.05, 4.69) is 11.6 Å². The van der Waals surface area contributed by atoms with Crippen LogP contribution in [0.15, 0.2) is 60.7 Å². The van der Waals surface area contributed by atoms with Gasteiger partial charge in [-0.3, -0.25) is 14.5 Å². The van der Waals surface area contributed by atoms with Crippen molar-refractivity contribution in [2.45, 2.75) is 19.9 Å². The third-order valence-corrected chi connectivity index (χ3v) is 7.20. The van der Waals surface area contributed by atoms with Gasteiger partial charge in [0.2, 0.25) is 0 Å². The monoisotopic (exact) mass is 538 g/mol. The lowest BCUT2D eigenvalue weighted by Crippen LogP contribution is -2.29. The number of aliphatic hydroxyl groups excluding tert-OH is 1. The summed E-state index contributed by atoms with van der Waals surface area (Å²) in [6.07, 6.45) is 1.44. The molecule has 1 N–H and O–H groups in total. The van der Waals surface area contributed by atoms with Crippen LogP contribution in [0.3, 0.4) is 0 Å². The number of amides is 1. The number of hydrogen-bond acceptors (Lipinski definition) is 8. The van der Waals surface area contributed by atoms with E-state index in [1.165, 1.54) is 18.1 Å². The second kappa shape index (κ2) is 10.6. The Kier molecular flexibility index (Phi) is 7.47. The van der Waals surface area contributed by atoms with Crippen LogP contribution in [0.25, 0.3) is 5.76 Å². The van der Waals surface area contributed by atoms with E-state index < -0.39 is 23.7 Å². The molecule has 1 aliphatic rings. The number of Topliss-reactive ketones (excluding diaryl/α,β-unsaturated/α-hetero) is 1. The Morgan fingerprint density at radius 3 is 2.54 bits per heavy atom. The van der Waals surface area contributed by atoms with Crippen LogP contribution in [0.4, 0.5) is 5.13 Å². The van der Waals surface area contributed by atoms with Crippen molar-refractivity contribution >= 4 is 51.5 Å². The van der Waals surface area contributed by atoms with Crippen LogP contribution >= 0.6 is 22.9 Å². The average molecular weight is 539 g/mol. The molecule has 1 atom stereocenters. The van der Waals surface area contributed by atoms with E-state index in [1.807, 2.05) is 0 Å². The SMILES string of the molecule is C=CCOC(=O)c1sc(N2C(=O)C(=O)/C(=C(/O)c3ccc(OC)c(C)c3)[C@@H]2c2ccc(Cl)cc2)nc1C. The molecule has 1 amide bonds. The first-order valence-electron chi connectivity index (χ1n) is 11.1. The van der Waals surface area contributed by atoms with Gasteiger partial charge in [-0.25, -0.2) is 9.78 Å². The molecule has 3 aromatic rings. The van der Waals surface area contributed by atoms with Crippen LogP contribution in [0.2, 0.25) is 5.02 Å². The molecule has 2 aromatic carbocycles. The van der Waals surface area contributed by atoms with Gasteiger partial charge in [-0.2, -0.15) is 0 Å². The van der Waals surface area contributed by atoms with Crippen LogP contribution in [-0.4, -0.2) is 41.5 Å². The van der Waals surface area contributed by atoms with Gasteiger partial charge in [-0.1, -0.05) is 47.7 Å². The topological polar surface area (TPSA) is 106 Å². The number of hydrogen-bond donors (Lipinski definition) is 1. The Labute approximate surface area is 222 Å². The number of aryl methyl sites for hydroxylation is 2. The number of nitrogens with zero attached hydrogens (tertiary/aromatic N) is 2. The fraction of sp³-hybridized carbons (Fsp3) is 0.185. The number of esters is 1. The van der Waals surface area contributed by atoms with Gasteiger partial charge in [0.05, 0.1) is 24.4 Å². The molecule has 190 valence electrons. The highest BCUT2D eigenvalue weighted by molar-refractivity contribution is 7.17. The van der Waals surface area contributed by atoms with E-state index in [-0.39, 0.29) is 27.9 Å². The highest BCUT2D eigenvalue weighted by atomic mass is 35.5. The molecule has 0 saturated carbocycles. The number of anilines is 1. The first kappa shape index (κ1) is 26.1. The van der Waals surface area contributed by atoms with Gasteiger partial charge in [-0.05, 0) is 55.3 Å². The highest BCUT2D eigenvalue weighted by Crippen LogP contribution is 2.44. The zero-order valence-corrected chi connectivity index (χ0v) is 21.9. The molecule has 0 radical (unpaired) electrons. The Hall–Kier alpha value is -3.95. The van der Waals surface area contributed by atoms with Gasteiger partial charge in [0, 0.05) is 10.6 Å². The molecule has 0 aliphatic carbocycles. The molecule has 1 saturated heterocycles. The Bertz CT molecular complexity index is 1440. The highest BCUT2D eigenvalue weighted by Gasteiger charge is 2.48. The van der Waals surface area contributed by atoms with Crippen molar-refractivity contribution in [2.75, 3.05) is 18.6 Å². The van der Waals surface area contributed by atoms with E-state index >= 15 is 0 Å². The minimum atomic E-state index is -1.01. The van der Waals surface area contributed by atoms with Crippen molar-refractivity contribution in [1.82, 2.24) is 4.98 Å². The summed E-state index contributed by atoms with van der Waals surface area (Å²) in [6.45, 7) is 6.95. The van der Waals surface area contributed by atoms with Crippen molar-refractivity contribution < 1.29 is 29.0 Å². The van der Waals surface area contributed by atoms with Crippen molar-refractivity contribution in [2.24, 2.45) is 0 Å². The Balaban J connectivity index is 1.88. The minimum Gasteiger partial charge on any atom is -0.507 e. The van der Waals surface area contributed by atoms with Gasteiger partial charge in [-0.15, -0.1) is 0 Å². The van der Waals surface area contributed by atoms with Gasteiger partial charge in [0.25, 0.3) is 5.78 Å². The van der Waals surface area contributed by atoms with Crippen LogP contribution in [0.5, 0.6) is 5.75 Å². The molecule has 2 heterocycles. The molecule has 0 unspecified atom stereocenters. The predicted molar refractivity (Wildman–Crippen MR) is 141 cm³/mol.